The van der Waals surface area contributed by atoms with Gasteiger partial charge >= 0.3 is 0 Å². The van der Waals surface area contributed by atoms with E-state index >= 15 is 0 Å². The molecule has 2 heterocycles. The molecule has 1 aliphatic heterocycles. The van der Waals surface area contributed by atoms with Gasteiger partial charge in [-0.25, -0.2) is 4.98 Å². The molecule has 0 spiro atoms. The van der Waals surface area contributed by atoms with E-state index in [4.69, 9.17) is 10.5 Å². The van der Waals surface area contributed by atoms with Crippen molar-refractivity contribution < 1.29 is 14.3 Å². The van der Waals surface area contributed by atoms with Crippen LogP contribution in [0.25, 0.3) is 10.9 Å². The summed E-state index contributed by atoms with van der Waals surface area (Å²) in [7, 11) is 0. The van der Waals surface area contributed by atoms with Gasteiger partial charge in [0.15, 0.2) is 0 Å². The van der Waals surface area contributed by atoms with Crippen molar-refractivity contribution in [2.75, 3.05) is 5.73 Å². The Bertz CT molecular complexity index is 1170. The van der Waals surface area contributed by atoms with Crippen LogP contribution in [0.2, 0.25) is 0 Å². The Balaban J connectivity index is 1.71. The number of aromatic nitrogens is 2. The third kappa shape index (κ3) is 3.56. The summed E-state index contributed by atoms with van der Waals surface area (Å²) in [6.45, 7) is 2.01. The molecule has 1 saturated heterocycles. The number of nitrogens with zero attached hydrogens (tertiary/aromatic N) is 2. The molecule has 8 heteroatoms. The summed E-state index contributed by atoms with van der Waals surface area (Å²) in [5.74, 6) is 0.0277. The Morgan fingerprint density at radius 3 is 2.69 bits per heavy atom. The fourth-order valence-corrected chi connectivity index (χ4v) is 3.56. The lowest BCUT2D eigenvalue weighted by Crippen LogP contribution is -2.45. The second-order valence-electron chi connectivity index (χ2n) is 6.98. The second-order valence-corrected chi connectivity index (χ2v) is 6.98. The number of hydrogen-bond donors (Lipinski definition) is 2. The van der Waals surface area contributed by atoms with E-state index in [1.165, 1.54) is 4.57 Å². The molecule has 0 aliphatic carbocycles. The Hall–Kier alpha value is -3.68. The number of benzene rings is 2. The van der Waals surface area contributed by atoms with Crippen LogP contribution in [0, 0.1) is 6.92 Å². The van der Waals surface area contributed by atoms with Gasteiger partial charge in [0.2, 0.25) is 11.8 Å². The van der Waals surface area contributed by atoms with Gasteiger partial charge in [0.25, 0.3) is 5.56 Å². The molecular formula is C21H20N4O4. The van der Waals surface area contributed by atoms with E-state index in [1.54, 1.807) is 19.1 Å². The van der Waals surface area contributed by atoms with Crippen LogP contribution in [0.4, 0.5) is 5.69 Å². The quantitative estimate of drug-likeness (QED) is 0.517. The van der Waals surface area contributed by atoms with Gasteiger partial charge in [0, 0.05) is 18.6 Å². The largest absolute Gasteiger partial charge is 0.489 e. The highest BCUT2D eigenvalue weighted by molar-refractivity contribution is 5.99. The number of anilines is 1. The van der Waals surface area contributed by atoms with E-state index in [2.05, 4.69) is 10.3 Å². The SMILES string of the molecule is Cc1nc2cc(OCc3ccccc3)cc(N)c2c(=O)n1C1CCC(=O)NC1=O. The molecule has 3 aromatic rings. The number of carbonyl (C=O) groups is 2. The molecule has 1 atom stereocenters. The zero-order valence-electron chi connectivity index (χ0n) is 15.8. The lowest BCUT2D eigenvalue weighted by atomic mass is 10.1. The first-order valence-corrected chi connectivity index (χ1v) is 9.27. The summed E-state index contributed by atoms with van der Waals surface area (Å²) < 4.78 is 7.12. The van der Waals surface area contributed by atoms with Crippen molar-refractivity contribution in [2.24, 2.45) is 0 Å². The Labute approximate surface area is 166 Å². The first kappa shape index (κ1) is 18.7. The minimum Gasteiger partial charge on any atom is -0.489 e. The maximum atomic E-state index is 13.1. The van der Waals surface area contributed by atoms with Crippen molar-refractivity contribution in [1.29, 1.82) is 0 Å². The summed E-state index contributed by atoms with van der Waals surface area (Å²) in [6.07, 6.45) is 0.416. The summed E-state index contributed by atoms with van der Waals surface area (Å²) in [5, 5.41) is 2.50. The fourth-order valence-electron chi connectivity index (χ4n) is 3.56. The highest BCUT2D eigenvalue weighted by Crippen LogP contribution is 2.26. The van der Waals surface area contributed by atoms with Crippen LogP contribution >= 0.6 is 0 Å². The van der Waals surface area contributed by atoms with Crippen LogP contribution in [-0.2, 0) is 16.2 Å². The van der Waals surface area contributed by atoms with Gasteiger partial charge in [-0.1, -0.05) is 30.3 Å². The molecule has 1 aromatic heterocycles. The maximum Gasteiger partial charge on any atom is 0.264 e. The van der Waals surface area contributed by atoms with Crippen molar-refractivity contribution in [1.82, 2.24) is 14.9 Å². The number of piperidine rings is 1. The number of nitrogen functional groups attached to an aromatic ring is 1. The molecule has 148 valence electrons. The van der Waals surface area contributed by atoms with E-state index in [0.717, 1.165) is 5.56 Å². The van der Waals surface area contributed by atoms with Crippen molar-refractivity contribution in [2.45, 2.75) is 32.4 Å². The molecular weight excluding hydrogens is 372 g/mol. The molecule has 0 bridgehead atoms. The fraction of sp³-hybridized carbons (Fsp3) is 0.238. The van der Waals surface area contributed by atoms with Gasteiger partial charge in [-0.2, -0.15) is 0 Å². The third-order valence-electron chi connectivity index (χ3n) is 4.96. The summed E-state index contributed by atoms with van der Waals surface area (Å²) >= 11 is 0. The first-order chi connectivity index (χ1) is 13.9. The smallest absolute Gasteiger partial charge is 0.264 e. The number of rotatable bonds is 4. The number of ether oxygens (including phenoxy) is 1. The minimum atomic E-state index is -0.787. The molecule has 0 saturated carbocycles. The van der Waals surface area contributed by atoms with Crippen LogP contribution in [0.5, 0.6) is 5.75 Å². The normalized spacial score (nSPS) is 16.7. The lowest BCUT2D eigenvalue weighted by Gasteiger charge is -2.24. The first-order valence-electron chi connectivity index (χ1n) is 9.27. The van der Waals surface area contributed by atoms with Gasteiger partial charge in [-0.05, 0) is 18.9 Å². The zero-order valence-corrected chi connectivity index (χ0v) is 15.8. The standard InChI is InChI=1S/C21H20N4O4/c1-12-23-16-10-14(29-11-13-5-3-2-4-6-13)9-15(22)19(16)21(28)25(12)17-7-8-18(26)24-20(17)27/h2-6,9-10,17H,7-8,11,22H2,1H3,(H,24,26,27). The number of carbonyl (C=O) groups excluding carboxylic acids is 2. The van der Waals surface area contributed by atoms with Crippen molar-refractivity contribution in [3.63, 3.8) is 0 Å². The van der Waals surface area contributed by atoms with Gasteiger partial charge < -0.3 is 10.5 Å². The van der Waals surface area contributed by atoms with Gasteiger partial charge in [-0.15, -0.1) is 0 Å². The predicted molar refractivity (Wildman–Crippen MR) is 107 cm³/mol. The number of nitrogens with one attached hydrogen (secondary N) is 1. The number of aryl methyl sites for hydroxylation is 1. The molecule has 29 heavy (non-hydrogen) atoms. The molecule has 3 N–H and O–H groups in total. The van der Waals surface area contributed by atoms with Crippen molar-refractivity contribution in [3.05, 3.63) is 64.2 Å². The molecule has 1 unspecified atom stereocenters. The molecule has 1 fully saturated rings. The molecule has 1 aliphatic rings. The zero-order chi connectivity index (χ0) is 20.5. The van der Waals surface area contributed by atoms with Crippen LogP contribution in [0.15, 0.2) is 47.3 Å². The molecule has 2 amide bonds. The van der Waals surface area contributed by atoms with E-state index in [-0.39, 0.29) is 29.8 Å². The van der Waals surface area contributed by atoms with Crippen LogP contribution in [0.1, 0.15) is 30.3 Å². The third-order valence-corrected chi connectivity index (χ3v) is 4.96. The van der Waals surface area contributed by atoms with E-state index < -0.39 is 17.5 Å². The van der Waals surface area contributed by atoms with Crippen molar-refractivity contribution in [3.8, 4) is 5.75 Å². The van der Waals surface area contributed by atoms with Gasteiger partial charge in [0.05, 0.1) is 16.6 Å². The highest BCUT2D eigenvalue weighted by atomic mass is 16.5. The van der Waals surface area contributed by atoms with E-state index in [9.17, 15) is 14.4 Å². The summed E-state index contributed by atoms with van der Waals surface area (Å²) in [4.78, 5) is 41.3. The molecule has 4 rings (SSSR count). The molecule has 0 radical (unpaired) electrons. The molecule has 8 nitrogen and oxygen atoms in total. The minimum absolute atomic E-state index is 0.169. The van der Waals surface area contributed by atoms with Crippen LogP contribution in [0.3, 0.4) is 0 Å². The van der Waals surface area contributed by atoms with Gasteiger partial charge in [-0.3, -0.25) is 24.3 Å². The predicted octanol–water partition coefficient (Wildman–Crippen LogP) is 1.84. The van der Waals surface area contributed by atoms with Crippen molar-refractivity contribution >= 4 is 28.4 Å². The summed E-state index contributed by atoms with van der Waals surface area (Å²) in [6, 6.07) is 12.1. The Morgan fingerprint density at radius 1 is 1.21 bits per heavy atom. The molecule has 2 aromatic carbocycles. The number of hydrogen-bond acceptors (Lipinski definition) is 6. The average molecular weight is 392 g/mol. The number of fused-ring (bicyclic) bond motifs is 1. The van der Waals surface area contributed by atoms with Gasteiger partial charge in [0.1, 0.15) is 24.2 Å². The second kappa shape index (κ2) is 7.38. The summed E-state index contributed by atoms with van der Waals surface area (Å²) in [5.41, 5.74) is 7.37. The number of amides is 2. The topological polar surface area (TPSA) is 116 Å². The van der Waals surface area contributed by atoms with Crippen LogP contribution < -0.4 is 21.3 Å². The van der Waals surface area contributed by atoms with E-state index in [0.29, 0.717) is 23.7 Å². The Kier molecular flexibility index (Phi) is 4.75. The van der Waals surface area contributed by atoms with Crippen LogP contribution in [-0.4, -0.2) is 21.4 Å². The maximum absolute atomic E-state index is 13.1. The monoisotopic (exact) mass is 392 g/mol. The van der Waals surface area contributed by atoms with E-state index in [1.807, 2.05) is 30.3 Å². The number of nitrogens with two attached hydrogens (primary N) is 1. The Morgan fingerprint density at radius 2 is 1.97 bits per heavy atom. The number of imide groups is 1. The average Bonchev–Trinajstić information content (AvgIpc) is 2.68. The lowest BCUT2D eigenvalue weighted by molar-refractivity contribution is -0.135. The highest BCUT2D eigenvalue weighted by Gasteiger charge is 2.30.